The third-order valence-electron chi connectivity index (χ3n) is 3.46. The molecule has 0 atom stereocenters. The third kappa shape index (κ3) is 4.66. The molecule has 0 spiro atoms. The highest BCUT2D eigenvalue weighted by molar-refractivity contribution is 7.92. The van der Waals surface area contributed by atoms with Crippen LogP contribution >= 0.6 is 11.6 Å². The van der Waals surface area contributed by atoms with Crippen LogP contribution in [0.2, 0.25) is 5.02 Å². The van der Waals surface area contributed by atoms with Gasteiger partial charge in [-0.3, -0.25) is 14.4 Å². The van der Waals surface area contributed by atoms with E-state index in [-0.39, 0.29) is 15.5 Å². The van der Waals surface area contributed by atoms with Crippen molar-refractivity contribution in [2.75, 3.05) is 25.5 Å². The molecule has 26 heavy (non-hydrogen) atoms. The average Bonchev–Trinajstić information content (AvgIpc) is 2.62. The van der Waals surface area contributed by atoms with Gasteiger partial charge in [-0.2, -0.15) is 0 Å². The first kappa shape index (κ1) is 20.0. The largest absolute Gasteiger partial charge is 0.494 e. The van der Waals surface area contributed by atoms with Crippen LogP contribution in [-0.2, 0) is 14.9 Å². The second-order valence-corrected chi connectivity index (χ2v) is 7.28. The van der Waals surface area contributed by atoms with E-state index in [0.717, 1.165) is 5.06 Å². The summed E-state index contributed by atoms with van der Waals surface area (Å²) < 4.78 is 33.0. The summed E-state index contributed by atoms with van der Waals surface area (Å²) in [4.78, 5) is 16.9. The van der Waals surface area contributed by atoms with Crippen molar-refractivity contribution in [1.82, 2.24) is 5.06 Å². The van der Waals surface area contributed by atoms with E-state index >= 15 is 0 Å². The fraction of sp³-hybridized carbons (Fsp3) is 0.235. The maximum absolute atomic E-state index is 12.6. The molecule has 0 saturated carbocycles. The molecule has 0 fully saturated rings. The van der Waals surface area contributed by atoms with Gasteiger partial charge in [-0.1, -0.05) is 11.6 Å². The quantitative estimate of drug-likeness (QED) is 0.724. The summed E-state index contributed by atoms with van der Waals surface area (Å²) in [6, 6.07) is 10.4. The van der Waals surface area contributed by atoms with E-state index in [0.29, 0.717) is 18.0 Å². The molecule has 0 radical (unpaired) electrons. The van der Waals surface area contributed by atoms with Gasteiger partial charge in [0.2, 0.25) is 0 Å². The molecular formula is C17H19ClN2O5S. The van der Waals surface area contributed by atoms with Gasteiger partial charge in [0.15, 0.2) is 0 Å². The number of carbonyl (C=O) groups is 1. The minimum Gasteiger partial charge on any atom is -0.494 e. The summed E-state index contributed by atoms with van der Waals surface area (Å²) in [5, 5.41) is 1.08. The zero-order valence-electron chi connectivity index (χ0n) is 14.5. The van der Waals surface area contributed by atoms with Crippen LogP contribution in [0.5, 0.6) is 5.75 Å². The Hall–Kier alpha value is -2.29. The highest BCUT2D eigenvalue weighted by atomic mass is 35.5. The Morgan fingerprint density at radius 1 is 1.19 bits per heavy atom. The normalized spacial score (nSPS) is 11.1. The monoisotopic (exact) mass is 398 g/mol. The lowest BCUT2D eigenvalue weighted by Gasteiger charge is -2.15. The lowest BCUT2D eigenvalue weighted by Crippen LogP contribution is -2.26. The number of nitrogens with zero attached hydrogens (tertiary/aromatic N) is 1. The first-order valence-electron chi connectivity index (χ1n) is 7.66. The van der Waals surface area contributed by atoms with Crippen molar-refractivity contribution >= 4 is 33.2 Å². The van der Waals surface area contributed by atoms with E-state index in [2.05, 4.69) is 4.72 Å². The summed E-state index contributed by atoms with van der Waals surface area (Å²) >= 11 is 6.02. The number of ether oxygens (including phenoxy) is 1. The van der Waals surface area contributed by atoms with Crippen LogP contribution < -0.4 is 9.46 Å². The van der Waals surface area contributed by atoms with Crippen molar-refractivity contribution in [2.24, 2.45) is 0 Å². The molecule has 2 rings (SSSR count). The zero-order valence-corrected chi connectivity index (χ0v) is 16.1. The van der Waals surface area contributed by atoms with Crippen LogP contribution in [0.15, 0.2) is 47.4 Å². The van der Waals surface area contributed by atoms with E-state index < -0.39 is 15.9 Å². The molecule has 7 nitrogen and oxygen atoms in total. The van der Waals surface area contributed by atoms with Gasteiger partial charge in [0, 0.05) is 12.7 Å². The first-order chi connectivity index (χ1) is 12.3. The molecule has 0 aromatic heterocycles. The zero-order chi connectivity index (χ0) is 19.3. The molecule has 9 heteroatoms. The molecular weight excluding hydrogens is 380 g/mol. The van der Waals surface area contributed by atoms with Crippen molar-refractivity contribution in [1.29, 1.82) is 0 Å². The number of rotatable bonds is 7. The Morgan fingerprint density at radius 3 is 2.42 bits per heavy atom. The summed E-state index contributed by atoms with van der Waals surface area (Å²) in [7, 11) is -1.18. The lowest BCUT2D eigenvalue weighted by molar-refractivity contribution is -0.0757. The van der Waals surface area contributed by atoms with Crippen molar-refractivity contribution in [3.05, 3.63) is 53.1 Å². The number of carbonyl (C=O) groups excluding carboxylic acids is 1. The van der Waals surface area contributed by atoms with Gasteiger partial charge in [0.1, 0.15) is 5.75 Å². The second kappa shape index (κ2) is 8.39. The number of anilines is 1. The van der Waals surface area contributed by atoms with Crippen molar-refractivity contribution in [3.63, 3.8) is 0 Å². The molecule has 0 heterocycles. The maximum atomic E-state index is 12.6. The number of halogens is 1. The summed E-state index contributed by atoms with van der Waals surface area (Å²) in [5.74, 6) is 0.0769. The topological polar surface area (TPSA) is 84.9 Å². The minimum atomic E-state index is -3.90. The Bertz CT molecular complexity index is 885. The molecule has 1 N–H and O–H groups in total. The summed E-state index contributed by atoms with van der Waals surface area (Å²) in [6.45, 7) is 2.37. The van der Waals surface area contributed by atoms with Crippen LogP contribution in [-0.4, -0.2) is 40.2 Å². The van der Waals surface area contributed by atoms with Gasteiger partial charge in [-0.15, -0.1) is 0 Å². The third-order valence-corrected chi connectivity index (χ3v) is 5.16. The van der Waals surface area contributed by atoms with Gasteiger partial charge in [-0.05, 0) is 49.4 Å². The van der Waals surface area contributed by atoms with Crippen LogP contribution in [0.25, 0.3) is 0 Å². The molecule has 140 valence electrons. The smallest absolute Gasteiger partial charge is 0.278 e. The van der Waals surface area contributed by atoms with Crippen LogP contribution in [0.1, 0.15) is 17.3 Å². The number of sulfonamides is 1. The molecule has 0 bridgehead atoms. The van der Waals surface area contributed by atoms with Crippen LogP contribution in [0, 0.1) is 0 Å². The number of amides is 1. The summed E-state index contributed by atoms with van der Waals surface area (Å²) in [6.07, 6.45) is 0. The molecule has 0 aliphatic carbocycles. The van der Waals surface area contributed by atoms with Crippen LogP contribution in [0.4, 0.5) is 5.69 Å². The van der Waals surface area contributed by atoms with E-state index in [1.54, 1.807) is 24.3 Å². The summed E-state index contributed by atoms with van der Waals surface area (Å²) in [5.41, 5.74) is 0.385. The lowest BCUT2D eigenvalue weighted by atomic mass is 10.2. The molecule has 0 saturated heterocycles. The first-order valence-corrected chi connectivity index (χ1v) is 9.52. The predicted molar refractivity (Wildman–Crippen MR) is 99.0 cm³/mol. The fourth-order valence-corrected chi connectivity index (χ4v) is 3.37. The highest BCUT2D eigenvalue weighted by Crippen LogP contribution is 2.24. The predicted octanol–water partition coefficient (Wildman–Crippen LogP) is 3.17. The Balaban J connectivity index is 2.29. The Kier molecular flexibility index (Phi) is 6.47. The van der Waals surface area contributed by atoms with E-state index in [9.17, 15) is 13.2 Å². The molecule has 0 aliphatic heterocycles. The molecule has 2 aromatic carbocycles. The fourth-order valence-electron chi connectivity index (χ4n) is 2.09. The molecule has 1 amide bonds. The van der Waals surface area contributed by atoms with E-state index in [4.69, 9.17) is 21.2 Å². The van der Waals surface area contributed by atoms with Gasteiger partial charge >= 0.3 is 0 Å². The van der Waals surface area contributed by atoms with Crippen molar-refractivity contribution in [2.45, 2.75) is 11.8 Å². The van der Waals surface area contributed by atoms with Crippen molar-refractivity contribution < 1.29 is 22.8 Å². The number of benzene rings is 2. The maximum Gasteiger partial charge on any atom is 0.278 e. The molecule has 0 unspecified atom stereocenters. The van der Waals surface area contributed by atoms with Gasteiger partial charge in [-0.25, -0.2) is 13.5 Å². The second-order valence-electron chi connectivity index (χ2n) is 5.19. The molecule has 2 aromatic rings. The standard InChI is InChI=1S/C17H19ClN2O5S/c1-4-25-13-7-5-12(6-8-13)19-26(22,23)14-9-10-16(18)15(11-14)17(21)20(2)24-3/h5-11,19H,4H2,1-3H3. The van der Waals surface area contributed by atoms with Gasteiger partial charge in [0.05, 0.1) is 29.2 Å². The Labute approximate surface area is 157 Å². The SMILES string of the molecule is CCOc1ccc(NS(=O)(=O)c2ccc(Cl)c(C(=O)N(C)OC)c2)cc1. The Morgan fingerprint density at radius 2 is 1.85 bits per heavy atom. The average molecular weight is 399 g/mol. The highest BCUT2D eigenvalue weighted by Gasteiger charge is 2.21. The minimum absolute atomic E-state index is 0.0191. The molecule has 0 aliphatic rings. The van der Waals surface area contributed by atoms with Crippen LogP contribution in [0.3, 0.4) is 0 Å². The number of hydroxylamine groups is 2. The number of hydrogen-bond donors (Lipinski definition) is 1. The number of nitrogens with one attached hydrogen (secondary N) is 1. The van der Waals surface area contributed by atoms with Gasteiger partial charge < -0.3 is 4.74 Å². The van der Waals surface area contributed by atoms with Crippen molar-refractivity contribution in [3.8, 4) is 5.75 Å². The van der Waals surface area contributed by atoms with E-state index in [1.165, 1.54) is 32.4 Å². The van der Waals surface area contributed by atoms with E-state index in [1.807, 2.05) is 6.92 Å². The van der Waals surface area contributed by atoms with Gasteiger partial charge in [0.25, 0.3) is 15.9 Å². The number of hydrogen-bond acceptors (Lipinski definition) is 5.